The molecule has 0 unspecified atom stereocenters. The fraction of sp³-hybridized carbons (Fsp3) is 0.188. The second-order valence-electron chi connectivity index (χ2n) is 5.03. The Bertz CT molecular complexity index is 844. The smallest absolute Gasteiger partial charge is 0.305 e. The summed E-state index contributed by atoms with van der Waals surface area (Å²) in [5.41, 5.74) is 5.26. The van der Waals surface area contributed by atoms with Crippen LogP contribution in [0.2, 0.25) is 0 Å². The number of hydrogen-bond donors (Lipinski definition) is 1. The van der Waals surface area contributed by atoms with Gasteiger partial charge in [-0.3, -0.25) is 14.9 Å². The molecule has 114 valence electrons. The van der Waals surface area contributed by atoms with Crippen LogP contribution in [0.25, 0.3) is 11.0 Å². The maximum atomic E-state index is 12.4. The molecule has 0 fully saturated rings. The van der Waals surface area contributed by atoms with Gasteiger partial charge in [0.25, 0.3) is 0 Å². The molecule has 0 aliphatic rings. The van der Waals surface area contributed by atoms with E-state index in [0.29, 0.717) is 11.3 Å². The molecule has 5 nitrogen and oxygen atoms in total. The van der Waals surface area contributed by atoms with E-state index < -0.39 is 0 Å². The van der Waals surface area contributed by atoms with E-state index in [-0.39, 0.29) is 11.7 Å². The number of carbonyl (C=O) groups excluding carboxylic acids is 1. The molecule has 3 aromatic rings. The Morgan fingerprint density at radius 2 is 1.91 bits per heavy atom. The fourth-order valence-electron chi connectivity index (χ4n) is 2.35. The Balaban J connectivity index is 1.98. The van der Waals surface area contributed by atoms with Crippen LogP contribution in [0.5, 0.6) is 5.75 Å². The van der Waals surface area contributed by atoms with Gasteiger partial charge < -0.3 is 9.15 Å². The molecule has 3 rings (SSSR count). The monoisotopic (exact) mass is 362 g/mol. The summed E-state index contributed by atoms with van der Waals surface area (Å²) in [5, 5.41) is 0.803. The van der Waals surface area contributed by atoms with Crippen LogP contribution >= 0.6 is 15.9 Å². The van der Waals surface area contributed by atoms with Crippen LogP contribution in [0.15, 0.2) is 39.2 Å². The first-order valence-corrected chi connectivity index (χ1v) is 7.52. The minimum absolute atomic E-state index is 0.235. The quantitative estimate of drug-likeness (QED) is 0.765. The van der Waals surface area contributed by atoms with Crippen molar-refractivity contribution in [1.82, 2.24) is 4.68 Å². The first-order valence-electron chi connectivity index (χ1n) is 6.73. The summed E-state index contributed by atoms with van der Waals surface area (Å²) in [6.07, 6.45) is 0. The first kappa shape index (κ1) is 14.7. The lowest BCUT2D eigenvalue weighted by Crippen LogP contribution is -2.24. The Morgan fingerprint density at radius 3 is 2.55 bits per heavy atom. The van der Waals surface area contributed by atoms with Gasteiger partial charge >= 0.3 is 5.91 Å². The van der Waals surface area contributed by atoms with E-state index in [9.17, 15) is 4.79 Å². The van der Waals surface area contributed by atoms with Crippen molar-refractivity contribution < 1.29 is 13.9 Å². The van der Waals surface area contributed by atoms with Gasteiger partial charge in [0.05, 0.1) is 7.11 Å². The van der Waals surface area contributed by atoms with Crippen LogP contribution in [0, 0.1) is 13.8 Å². The lowest BCUT2D eigenvalue weighted by molar-refractivity contribution is 0.0982. The largest absolute Gasteiger partial charge is 0.493 e. The van der Waals surface area contributed by atoms with Crippen molar-refractivity contribution in [2.45, 2.75) is 13.8 Å². The van der Waals surface area contributed by atoms with Crippen molar-refractivity contribution in [3.05, 3.63) is 52.0 Å². The van der Waals surface area contributed by atoms with Crippen molar-refractivity contribution in [2.75, 3.05) is 12.5 Å². The van der Waals surface area contributed by atoms with E-state index >= 15 is 0 Å². The maximum Gasteiger partial charge on any atom is 0.305 e. The second kappa shape index (κ2) is 5.53. The molecule has 0 aliphatic heterocycles. The van der Waals surface area contributed by atoms with E-state index in [2.05, 4.69) is 21.4 Å². The van der Waals surface area contributed by atoms with Crippen molar-refractivity contribution in [2.24, 2.45) is 0 Å². The van der Waals surface area contributed by atoms with Gasteiger partial charge in [-0.2, -0.15) is 0 Å². The van der Waals surface area contributed by atoms with E-state index in [1.54, 1.807) is 23.9 Å². The topological polar surface area (TPSA) is 56.4 Å². The van der Waals surface area contributed by atoms with Gasteiger partial charge in [0.15, 0.2) is 17.1 Å². The van der Waals surface area contributed by atoms with Crippen molar-refractivity contribution >= 4 is 32.8 Å². The number of fused-ring (bicyclic) bond motifs is 1. The number of ether oxygens (including phenoxy) is 1. The third-order valence-corrected chi connectivity index (χ3v) is 3.93. The number of halogens is 1. The second-order valence-corrected chi connectivity index (χ2v) is 5.95. The number of hydrogen-bond acceptors (Lipinski definition) is 3. The summed E-state index contributed by atoms with van der Waals surface area (Å²) in [7, 11) is 1.57. The standard InChI is InChI=1S/C16H15BrN2O3/c1-9-4-5-10(2)19(9)18-16(20)14-7-11-6-12(17)8-13(21-3)15(11)22-14/h4-8H,1-3H3,(H,18,20). The molecule has 0 bridgehead atoms. The predicted molar refractivity (Wildman–Crippen MR) is 88.1 cm³/mol. The number of amides is 1. The Hall–Kier alpha value is -2.21. The fourth-order valence-corrected chi connectivity index (χ4v) is 2.81. The maximum absolute atomic E-state index is 12.4. The number of nitrogens with zero attached hydrogens (tertiary/aromatic N) is 1. The van der Waals surface area contributed by atoms with Gasteiger partial charge in [-0.05, 0) is 44.2 Å². The third kappa shape index (κ3) is 2.50. The number of carbonyl (C=O) groups is 1. The van der Waals surface area contributed by atoms with Gasteiger partial charge in [0.2, 0.25) is 0 Å². The highest BCUT2D eigenvalue weighted by Gasteiger charge is 2.17. The molecule has 1 N–H and O–H groups in total. The molecule has 22 heavy (non-hydrogen) atoms. The molecule has 0 radical (unpaired) electrons. The zero-order valence-electron chi connectivity index (χ0n) is 12.4. The molecule has 6 heteroatoms. The number of aryl methyl sites for hydroxylation is 2. The molecule has 2 aromatic heterocycles. The summed E-state index contributed by atoms with van der Waals surface area (Å²) in [4.78, 5) is 12.4. The summed E-state index contributed by atoms with van der Waals surface area (Å²) in [6, 6.07) is 9.26. The third-order valence-electron chi connectivity index (χ3n) is 3.48. The van der Waals surface area contributed by atoms with Gasteiger partial charge in [-0.25, -0.2) is 0 Å². The minimum atomic E-state index is -0.309. The van der Waals surface area contributed by atoms with Gasteiger partial charge in [-0.1, -0.05) is 15.9 Å². The van der Waals surface area contributed by atoms with E-state index in [0.717, 1.165) is 21.2 Å². The molecular formula is C16H15BrN2O3. The Morgan fingerprint density at radius 1 is 1.23 bits per heavy atom. The first-order chi connectivity index (χ1) is 10.5. The van der Waals surface area contributed by atoms with Crippen LogP contribution in [0.3, 0.4) is 0 Å². The van der Waals surface area contributed by atoms with E-state index in [1.165, 1.54) is 0 Å². The number of furan rings is 1. The van der Waals surface area contributed by atoms with E-state index in [4.69, 9.17) is 9.15 Å². The molecule has 0 spiro atoms. The number of benzene rings is 1. The van der Waals surface area contributed by atoms with Crippen LogP contribution < -0.4 is 10.2 Å². The summed E-state index contributed by atoms with van der Waals surface area (Å²) in [6.45, 7) is 3.85. The predicted octanol–water partition coefficient (Wildman–Crippen LogP) is 4.01. The van der Waals surface area contributed by atoms with Crippen LogP contribution in [-0.2, 0) is 0 Å². The minimum Gasteiger partial charge on any atom is -0.493 e. The van der Waals surface area contributed by atoms with Crippen molar-refractivity contribution in [3.8, 4) is 5.75 Å². The van der Waals surface area contributed by atoms with Crippen molar-refractivity contribution in [3.63, 3.8) is 0 Å². The van der Waals surface area contributed by atoms with Crippen LogP contribution in [-0.4, -0.2) is 17.7 Å². The average Bonchev–Trinajstić information content (AvgIpc) is 3.04. The number of rotatable bonds is 3. The van der Waals surface area contributed by atoms with Crippen LogP contribution in [0.1, 0.15) is 21.9 Å². The van der Waals surface area contributed by atoms with Gasteiger partial charge in [0.1, 0.15) is 0 Å². The molecule has 1 amide bonds. The summed E-state index contributed by atoms with van der Waals surface area (Å²) in [5.74, 6) is 0.507. The molecule has 0 saturated carbocycles. The lowest BCUT2D eigenvalue weighted by Gasteiger charge is -2.09. The SMILES string of the molecule is COc1cc(Br)cc2cc(C(=O)Nn3c(C)ccc3C)oc12. The molecule has 0 aliphatic carbocycles. The average molecular weight is 363 g/mol. The Labute approximate surface area is 136 Å². The Kier molecular flexibility index (Phi) is 3.70. The molecule has 1 aromatic carbocycles. The molecular weight excluding hydrogens is 348 g/mol. The molecule has 0 saturated heterocycles. The number of aromatic nitrogens is 1. The zero-order chi connectivity index (χ0) is 15.9. The van der Waals surface area contributed by atoms with Crippen LogP contribution in [0.4, 0.5) is 0 Å². The number of nitrogens with one attached hydrogen (secondary N) is 1. The van der Waals surface area contributed by atoms with Gasteiger partial charge in [-0.15, -0.1) is 0 Å². The van der Waals surface area contributed by atoms with Gasteiger partial charge in [0, 0.05) is 21.2 Å². The van der Waals surface area contributed by atoms with E-state index in [1.807, 2.05) is 32.0 Å². The molecule has 2 heterocycles. The van der Waals surface area contributed by atoms with Crippen molar-refractivity contribution in [1.29, 1.82) is 0 Å². The number of methoxy groups -OCH3 is 1. The highest BCUT2D eigenvalue weighted by molar-refractivity contribution is 9.10. The highest BCUT2D eigenvalue weighted by Crippen LogP contribution is 2.32. The highest BCUT2D eigenvalue weighted by atomic mass is 79.9. The zero-order valence-corrected chi connectivity index (χ0v) is 14.0. The molecule has 0 atom stereocenters. The summed E-state index contributed by atoms with van der Waals surface area (Å²) >= 11 is 3.41. The summed E-state index contributed by atoms with van der Waals surface area (Å²) < 4.78 is 13.5. The normalized spacial score (nSPS) is 10.9. The lowest BCUT2D eigenvalue weighted by atomic mass is 10.2.